The minimum absolute atomic E-state index is 0.0348. The van der Waals surface area contributed by atoms with Crippen molar-refractivity contribution < 1.29 is 19.4 Å². The van der Waals surface area contributed by atoms with Gasteiger partial charge in [0.05, 0.1) is 23.4 Å². The number of aromatic nitrogens is 2. The van der Waals surface area contributed by atoms with Gasteiger partial charge in [-0.25, -0.2) is 4.52 Å². The number of piperidine rings is 1. The monoisotopic (exact) mass is 365 g/mol. The maximum absolute atomic E-state index is 12.9. The summed E-state index contributed by atoms with van der Waals surface area (Å²) in [5.74, 6) is 1.31. The molecule has 7 nitrogen and oxygen atoms in total. The summed E-state index contributed by atoms with van der Waals surface area (Å²) in [7, 11) is 0. The Hall–Kier alpha value is -3.06. The zero-order valence-corrected chi connectivity index (χ0v) is 14.6. The molecule has 0 bridgehead atoms. The Morgan fingerprint density at radius 3 is 2.96 bits per heavy atom. The predicted octanol–water partition coefficient (Wildman–Crippen LogP) is 2.05. The number of aliphatic hydroxyl groups excluding tert-OH is 1. The summed E-state index contributed by atoms with van der Waals surface area (Å²) in [6.45, 7) is 1.11. The van der Waals surface area contributed by atoms with Crippen molar-refractivity contribution in [1.29, 1.82) is 0 Å². The number of hydrogen-bond acceptors (Lipinski definition) is 5. The third kappa shape index (κ3) is 2.71. The van der Waals surface area contributed by atoms with Crippen LogP contribution in [-0.2, 0) is 0 Å². The number of carbonyl (C=O) groups excluding carboxylic acids is 1. The van der Waals surface area contributed by atoms with E-state index < -0.39 is 6.10 Å². The number of likely N-dealkylation sites (tertiary alicyclic amines) is 1. The van der Waals surface area contributed by atoms with E-state index in [9.17, 15) is 9.90 Å². The highest BCUT2D eigenvalue weighted by Crippen LogP contribution is 2.37. The maximum atomic E-state index is 12.9. The molecule has 2 aromatic heterocycles. The lowest BCUT2D eigenvalue weighted by atomic mass is 9.86. The van der Waals surface area contributed by atoms with Crippen LogP contribution < -0.4 is 9.47 Å². The number of carbonyl (C=O) groups is 1. The van der Waals surface area contributed by atoms with E-state index in [4.69, 9.17) is 9.47 Å². The molecule has 27 heavy (non-hydrogen) atoms. The quantitative estimate of drug-likeness (QED) is 0.752. The molecule has 138 valence electrons. The van der Waals surface area contributed by atoms with Crippen LogP contribution in [0, 0.1) is 0 Å². The SMILES string of the molecule is O=C(c1cnn2ccccc12)N1CC[C@@H](c2ccc3c(c2)OCO3)[C@H](O)C1. The minimum atomic E-state index is -0.634. The molecule has 4 heterocycles. The molecule has 1 amide bonds. The number of ether oxygens (including phenoxy) is 2. The molecule has 0 unspecified atom stereocenters. The van der Waals surface area contributed by atoms with Crippen molar-refractivity contribution in [1.82, 2.24) is 14.5 Å². The van der Waals surface area contributed by atoms with Crippen LogP contribution in [0.15, 0.2) is 48.8 Å². The summed E-state index contributed by atoms with van der Waals surface area (Å²) < 4.78 is 12.5. The van der Waals surface area contributed by atoms with Gasteiger partial charge >= 0.3 is 0 Å². The Kier molecular flexibility index (Phi) is 3.75. The van der Waals surface area contributed by atoms with E-state index in [0.29, 0.717) is 30.8 Å². The molecule has 3 aromatic rings. The largest absolute Gasteiger partial charge is 0.454 e. The molecule has 0 spiro atoms. The molecule has 1 aromatic carbocycles. The van der Waals surface area contributed by atoms with E-state index in [1.54, 1.807) is 15.6 Å². The predicted molar refractivity (Wildman–Crippen MR) is 97.0 cm³/mol. The van der Waals surface area contributed by atoms with Gasteiger partial charge in [0.25, 0.3) is 5.91 Å². The average Bonchev–Trinajstić information content (AvgIpc) is 3.33. The van der Waals surface area contributed by atoms with Gasteiger partial charge in [0, 0.05) is 25.2 Å². The van der Waals surface area contributed by atoms with Crippen molar-refractivity contribution in [2.24, 2.45) is 0 Å². The molecule has 2 aliphatic heterocycles. The first-order chi connectivity index (χ1) is 13.2. The van der Waals surface area contributed by atoms with E-state index >= 15 is 0 Å². The number of benzene rings is 1. The van der Waals surface area contributed by atoms with Gasteiger partial charge in [0.2, 0.25) is 6.79 Å². The van der Waals surface area contributed by atoms with Gasteiger partial charge < -0.3 is 19.5 Å². The second kappa shape index (κ2) is 6.28. The Morgan fingerprint density at radius 1 is 1.19 bits per heavy atom. The van der Waals surface area contributed by atoms with Crippen molar-refractivity contribution in [3.8, 4) is 11.5 Å². The topological polar surface area (TPSA) is 76.3 Å². The fourth-order valence-electron chi connectivity index (χ4n) is 3.92. The van der Waals surface area contributed by atoms with Crippen molar-refractivity contribution >= 4 is 11.4 Å². The molecule has 0 aliphatic carbocycles. The van der Waals surface area contributed by atoms with Crippen LogP contribution in [-0.4, -0.2) is 51.5 Å². The fraction of sp³-hybridized carbons (Fsp3) is 0.300. The number of aliphatic hydroxyl groups is 1. The molecule has 7 heteroatoms. The number of fused-ring (bicyclic) bond motifs is 2. The number of nitrogens with zero attached hydrogens (tertiary/aromatic N) is 3. The van der Waals surface area contributed by atoms with Crippen LogP contribution in [0.2, 0.25) is 0 Å². The standard InChI is InChI=1S/C20H19N3O4/c24-17-11-22(20(25)15-10-21-23-7-2-1-3-16(15)23)8-6-14(17)13-4-5-18-19(9-13)27-12-26-18/h1-5,7,9-10,14,17,24H,6,8,11-12H2/t14-,17+/m0/s1. The second-order valence-electron chi connectivity index (χ2n) is 6.92. The molecule has 2 aliphatic rings. The van der Waals surface area contributed by atoms with E-state index in [0.717, 1.165) is 16.8 Å². The highest BCUT2D eigenvalue weighted by atomic mass is 16.7. The molecule has 2 atom stereocenters. The fourth-order valence-corrected chi connectivity index (χ4v) is 3.92. The van der Waals surface area contributed by atoms with Crippen LogP contribution in [0.5, 0.6) is 11.5 Å². The summed E-state index contributed by atoms with van der Waals surface area (Å²) in [4.78, 5) is 14.6. The van der Waals surface area contributed by atoms with Crippen LogP contribution in [0.4, 0.5) is 0 Å². The third-order valence-corrected chi connectivity index (χ3v) is 5.35. The van der Waals surface area contributed by atoms with Gasteiger partial charge in [-0.1, -0.05) is 12.1 Å². The molecule has 1 fully saturated rings. The molecule has 1 saturated heterocycles. The first-order valence-electron chi connectivity index (χ1n) is 9.00. The Balaban J connectivity index is 1.34. The molecular formula is C20H19N3O4. The maximum Gasteiger partial charge on any atom is 0.257 e. The van der Waals surface area contributed by atoms with E-state index in [2.05, 4.69) is 5.10 Å². The first-order valence-corrected chi connectivity index (χ1v) is 9.00. The number of rotatable bonds is 2. The molecular weight excluding hydrogens is 346 g/mol. The van der Waals surface area contributed by atoms with Crippen molar-refractivity contribution in [2.45, 2.75) is 18.4 Å². The molecule has 0 radical (unpaired) electrons. The van der Waals surface area contributed by atoms with Gasteiger partial charge in [0.15, 0.2) is 11.5 Å². The van der Waals surface area contributed by atoms with Gasteiger partial charge in [-0.15, -0.1) is 0 Å². The number of β-amino-alcohol motifs (C(OH)–C–C–N with tert-alkyl or cyclic N) is 1. The summed E-state index contributed by atoms with van der Waals surface area (Å²) in [6.07, 6.45) is 3.46. The number of amides is 1. The summed E-state index contributed by atoms with van der Waals surface area (Å²) in [5.41, 5.74) is 2.34. The van der Waals surface area contributed by atoms with E-state index in [-0.39, 0.29) is 18.6 Å². The second-order valence-corrected chi connectivity index (χ2v) is 6.92. The summed E-state index contributed by atoms with van der Waals surface area (Å²) in [5, 5.41) is 14.9. The zero-order valence-electron chi connectivity index (χ0n) is 14.6. The Morgan fingerprint density at radius 2 is 2.07 bits per heavy atom. The smallest absolute Gasteiger partial charge is 0.257 e. The normalized spacial score (nSPS) is 21.6. The minimum Gasteiger partial charge on any atom is -0.454 e. The van der Waals surface area contributed by atoms with Gasteiger partial charge in [-0.3, -0.25) is 4.79 Å². The summed E-state index contributed by atoms with van der Waals surface area (Å²) >= 11 is 0. The van der Waals surface area contributed by atoms with Gasteiger partial charge in [-0.2, -0.15) is 5.10 Å². The van der Waals surface area contributed by atoms with Crippen LogP contribution in [0.1, 0.15) is 28.3 Å². The van der Waals surface area contributed by atoms with Crippen LogP contribution >= 0.6 is 0 Å². The van der Waals surface area contributed by atoms with Crippen LogP contribution in [0.3, 0.4) is 0 Å². The molecule has 5 rings (SSSR count). The van der Waals surface area contributed by atoms with Crippen molar-refractivity contribution in [3.63, 3.8) is 0 Å². The van der Waals surface area contributed by atoms with Crippen molar-refractivity contribution in [3.05, 3.63) is 59.9 Å². The lowest BCUT2D eigenvalue weighted by molar-refractivity contribution is 0.0383. The molecule has 0 saturated carbocycles. The Bertz CT molecular complexity index is 1020. The van der Waals surface area contributed by atoms with Gasteiger partial charge in [-0.05, 0) is 36.2 Å². The summed E-state index contributed by atoms with van der Waals surface area (Å²) in [6, 6.07) is 11.4. The Labute approximate surface area is 155 Å². The van der Waals surface area contributed by atoms with E-state index in [1.165, 1.54) is 0 Å². The molecule has 1 N–H and O–H groups in total. The highest BCUT2D eigenvalue weighted by molar-refractivity contribution is 6.00. The zero-order chi connectivity index (χ0) is 18.4. The lowest BCUT2D eigenvalue weighted by Crippen LogP contribution is -2.45. The first kappa shape index (κ1) is 16.1. The lowest BCUT2D eigenvalue weighted by Gasteiger charge is -2.36. The number of hydrogen-bond donors (Lipinski definition) is 1. The highest BCUT2D eigenvalue weighted by Gasteiger charge is 2.33. The van der Waals surface area contributed by atoms with Crippen molar-refractivity contribution in [2.75, 3.05) is 19.9 Å². The van der Waals surface area contributed by atoms with Crippen LogP contribution in [0.25, 0.3) is 5.52 Å². The van der Waals surface area contributed by atoms with Gasteiger partial charge in [0.1, 0.15) is 0 Å². The third-order valence-electron chi connectivity index (χ3n) is 5.35. The van der Waals surface area contributed by atoms with E-state index in [1.807, 2.05) is 42.6 Å². The number of pyridine rings is 1. The average molecular weight is 365 g/mol.